The normalized spacial score (nSPS) is 12.8. The minimum Gasteiger partial charge on any atom is -0.459 e. The third kappa shape index (κ3) is 7.15. The maximum atomic E-state index is 11.9. The van der Waals surface area contributed by atoms with Gasteiger partial charge in [-0.05, 0) is 45.2 Å². The summed E-state index contributed by atoms with van der Waals surface area (Å²) < 4.78 is 10.3. The molecule has 0 saturated heterocycles. The van der Waals surface area contributed by atoms with Crippen molar-refractivity contribution >= 4 is 12.0 Å². The van der Waals surface area contributed by atoms with E-state index in [-0.39, 0.29) is 17.7 Å². The number of alkyl carbamates (subject to hydrolysis) is 1. The van der Waals surface area contributed by atoms with Crippen molar-refractivity contribution in [3.63, 3.8) is 0 Å². The third-order valence-corrected chi connectivity index (χ3v) is 2.73. The molecule has 0 aliphatic heterocycles. The molecule has 124 valence electrons. The Morgan fingerprint density at radius 1 is 1.32 bits per heavy atom. The van der Waals surface area contributed by atoms with Crippen LogP contribution in [0.1, 0.15) is 51.6 Å². The van der Waals surface area contributed by atoms with Crippen LogP contribution in [0.4, 0.5) is 4.79 Å². The molecule has 0 fully saturated rings. The number of carbonyl (C=O) groups is 2. The second-order valence-electron chi connectivity index (χ2n) is 6.66. The fraction of sp³-hybridized carbons (Fsp3) is 0.625. The molecule has 1 atom stereocenters. The molecule has 0 radical (unpaired) electrons. The summed E-state index contributed by atoms with van der Waals surface area (Å²) in [5.41, 5.74) is -0.552. The minimum absolute atomic E-state index is 0.200. The summed E-state index contributed by atoms with van der Waals surface area (Å²) in [4.78, 5) is 23.7. The number of ether oxygens (including phenoxy) is 1. The number of carbonyl (C=O) groups excluding carboxylic acids is 2. The quantitative estimate of drug-likeness (QED) is 0.846. The van der Waals surface area contributed by atoms with Crippen LogP contribution in [0.15, 0.2) is 22.8 Å². The fourth-order valence-corrected chi connectivity index (χ4v) is 1.95. The van der Waals surface area contributed by atoms with Crippen molar-refractivity contribution in [1.82, 2.24) is 10.6 Å². The molecule has 1 rings (SSSR count). The molecule has 0 bridgehead atoms. The van der Waals surface area contributed by atoms with Gasteiger partial charge in [-0.1, -0.05) is 13.8 Å². The molecule has 6 nitrogen and oxygen atoms in total. The van der Waals surface area contributed by atoms with Crippen LogP contribution in [0.5, 0.6) is 0 Å². The Hall–Kier alpha value is -1.98. The van der Waals surface area contributed by atoms with Gasteiger partial charge in [-0.3, -0.25) is 4.79 Å². The number of furan rings is 1. The third-order valence-electron chi connectivity index (χ3n) is 2.73. The monoisotopic (exact) mass is 310 g/mol. The lowest BCUT2D eigenvalue weighted by molar-refractivity contribution is 0.0495. The van der Waals surface area contributed by atoms with Gasteiger partial charge in [0.05, 0.1) is 6.26 Å². The van der Waals surface area contributed by atoms with Gasteiger partial charge in [0, 0.05) is 12.6 Å². The first-order valence-electron chi connectivity index (χ1n) is 7.48. The molecule has 1 aromatic heterocycles. The molecule has 0 aromatic carbocycles. The Balaban J connectivity index is 2.53. The molecule has 2 amide bonds. The first-order chi connectivity index (χ1) is 10.2. The second kappa shape index (κ2) is 7.87. The molecule has 0 saturated carbocycles. The average molecular weight is 310 g/mol. The summed E-state index contributed by atoms with van der Waals surface area (Å²) in [6, 6.07) is 3.04. The van der Waals surface area contributed by atoms with Crippen LogP contribution in [0.3, 0.4) is 0 Å². The standard InChI is InChI=1S/C16H26N2O4/c1-11(2)9-12(18-15(20)22-16(3,4)5)10-17-14(19)13-7-6-8-21-13/h6-8,11-12H,9-10H2,1-5H3,(H,17,19)(H,18,20)/t12-/m0/s1. The molecule has 0 aliphatic rings. The van der Waals surface area contributed by atoms with Crippen molar-refractivity contribution in [3.05, 3.63) is 24.2 Å². The molecule has 6 heteroatoms. The van der Waals surface area contributed by atoms with Gasteiger partial charge in [0.1, 0.15) is 5.60 Å². The Bertz CT molecular complexity index is 475. The van der Waals surface area contributed by atoms with Crippen LogP contribution < -0.4 is 10.6 Å². The highest BCUT2D eigenvalue weighted by Gasteiger charge is 2.21. The Labute approximate surface area is 131 Å². The van der Waals surface area contributed by atoms with E-state index in [9.17, 15) is 9.59 Å². The van der Waals surface area contributed by atoms with Crippen molar-refractivity contribution in [3.8, 4) is 0 Å². The van der Waals surface area contributed by atoms with Crippen molar-refractivity contribution in [2.45, 2.75) is 52.7 Å². The largest absolute Gasteiger partial charge is 0.459 e. The van der Waals surface area contributed by atoms with E-state index in [1.165, 1.54) is 6.26 Å². The Kier molecular flexibility index (Phi) is 6.46. The average Bonchev–Trinajstić information content (AvgIpc) is 2.86. The summed E-state index contributed by atoms with van der Waals surface area (Å²) in [6.07, 6.45) is 1.70. The van der Waals surface area contributed by atoms with Crippen LogP contribution >= 0.6 is 0 Å². The van der Waals surface area contributed by atoms with Crippen LogP contribution in [-0.4, -0.2) is 30.2 Å². The van der Waals surface area contributed by atoms with Gasteiger partial charge in [0.2, 0.25) is 0 Å². The molecule has 2 N–H and O–H groups in total. The smallest absolute Gasteiger partial charge is 0.407 e. The lowest BCUT2D eigenvalue weighted by Crippen LogP contribution is -2.46. The minimum atomic E-state index is -0.552. The highest BCUT2D eigenvalue weighted by atomic mass is 16.6. The molecule has 0 aliphatic carbocycles. The SMILES string of the molecule is CC(C)C[C@@H](CNC(=O)c1ccco1)NC(=O)OC(C)(C)C. The lowest BCUT2D eigenvalue weighted by atomic mass is 10.0. The van der Waals surface area contributed by atoms with Gasteiger partial charge in [0.25, 0.3) is 5.91 Å². The Morgan fingerprint density at radius 3 is 2.50 bits per heavy atom. The van der Waals surface area contributed by atoms with E-state index >= 15 is 0 Å². The highest BCUT2D eigenvalue weighted by molar-refractivity contribution is 5.91. The second-order valence-corrected chi connectivity index (χ2v) is 6.66. The van der Waals surface area contributed by atoms with Crippen molar-refractivity contribution < 1.29 is 18.7 Å². The maximum Gasteiger partial charge on any atom is 0.407 e. The number of hydrogen-bond donors (Lipinski definition) is 2. The molecule has 0 spiro atoms. The van der Waals surface area contributed by atoms with Crippen LogP contribution in [0.2, 0.25) is 0 Å². The Morgan fingerprint density at radius 2 is 2.00 bits per heavy atom. The van der Waals surface area contributed by atoms with Crippen molar-refractivity contribution in [2.75, 3.05) is 6.54 Å². The first kappa shape index (κ1) is 18.1. The highest BCUT2D eigenvalue weighted by Crippen LogP contribution is 2.09. The molecule has 1 heterocycles. The van der Waals surface area contributed by atoms with Gasteiger partial charge in [-0.15, -0.1) is 0 Å². The summed E-state index contributed by atoms with van der Waals surface area (Å²) in [5.74, 6) is 0.325. The van der Waals surface area contributed by atoms with Crippen LogP contribution in [0.25, 0.3) is 0 Å². The zero-order chi connectivity index (χ0) is 16.8. The predicted octanol–water partition coefficient (Wildman–Crippen LogP) is 2.95. The van der Waals surface area contributed by atoms with Crippen molar-refractivity contribution in [2.24, 2.45) is 5.92 Å². The van der Waals surface area contributed by atoms with Crippen molar-refractivity contribution in [1.29, 1.82) is 0 Å². The van der Waals surface area contributed by atoms with E-state index in [2.05, 4.69) is 24.5 Å². The number of nitrogens with one attached hydrogen (secondary N) is 2. The van der Waals surface area contributed by atoms with E-state index in [1.807, 2.05) is 20.8 Å². The molecule has 1 aromatic rings. The topological polar surface area (TPSA) is 80.6 Å². The lowest BCUT2D eigenvalue weighted by Gasteiger charge is -2.24. The fourth-order valence-electron chi connectivity index (χ4n) is 1.95. The van der Waals surface area contributed by atoms with Gasteiger partial charge < -0.3 is 19.8 Å². The van der Waals surface area contributed by atoms with E-state index in [0.717, 1.165) is 6.42 Å². The number of amides is 2. The van der Waals surface area contributed by atoms with E-state index in [1.54, 1.807) is 12.1 Å². The van der Waals surface area contributed by atoms with Crippen LogP contribution in [-0.2, 0) is 4.74 Å². The summed E-state index contributed by atoms with van der Waals surface area (Å²) in [7, 11) is 0. The molecular formula is C16H26N2O4. The zero-order valence-corrected chi connectivity index (χ0v) is 13.9. The summed E-state index contributed by atoms with van der Waals surface area (Å²) >= 11 is 0. The first-order valence-corrected chi connectivity index (χ1v) is 7.48. The van der Waals surface area contributed by atoms with Gasteiger partial charge in [-0.2, -0.15) is 0 Å². The summed E-state index contributed by atoms with van der Waals surface area (Å²) in [5, 5.41) is 5.55. The maximum absolute atomic E-state index is 11.9. The van der Waals surface area contributed by atoms with Crippen LogP contribution in [0, 0.1) is 5.92 Å². The zero-order valence-electron chi connectivity index (χ0n) is 13.9. The summed E-state index contributed by atoms with van der Waals surface area (Å²) in [6.45, 7) is 9.85. The van der Waals surface area contributed by atoms with E-state index < -0.39 is 11.7 Å². The van der Waals surface area contributed by atoms with E-state index in [0.29, 0.717) is 12.5 Å². The molecule has 0 unspecified atom stereocenters. The number of rotatable bonds is 6. The van der Waals surface area contributed by atoms with Gasteiger partial charge in [-0.25, -0.2) is 4.79 Å². The number of hydrogen-bond acceptors (Lipinski definition) is 4. The van der Waals surface area contributed by atoms with Gasteiger partial charge in [0.15, 0.2) is 5.76 Å². The predicted molar refractivity (Wildman–Crippen MR) is 83.7 cm³/mol. The van der Waals surface area contributed by atoms with E-state index in [4.69, 9.17) is 9.15 Å². The molecule has 22 heavy (non-hydrogen) atoms. The van der Waals surface area contributed by atoms with Gasteiger partial charge >= 0.3 is 6.09 Å². The molecular weight excluding hydrogens is 284 g/mol.